The number of hydrogen-bond acceptors (Lipinski definition) is 4. The van der Waals surface area contributed by atoms with E-state index in [2.05, 4.69) is 14.7 Å². The van der Waals surface area contributed by atoms with Gasteiger partial charge in [0.1, 0.15) is 6.33 Å². The van der Waals surface area contributed by atoms with Crippen LogP contribution in [0.25, 0.3) is 0 Å². The predicted octanol–water partition coefficient (Wildman–Crippen LogP) is 1.77. The summed E-state index contributed by atoms with van der Waals surface area (Å²) in [5, 5.41) is 0. The van der Waals surface area contributed by atoms with Crippen LogP contribution in [0.15, 0.2) is 41.8 Å². The lowest BCUT2D eigenvalue weighted by Crippen LogP contribution is -2.13. The SMILES string of the molecule is O=S(=O)(Nc1cncnc1)c1ccc2c(c1)CCC2. The maximum Gasteiger partial charge on any atom is 0.262 e. The molecule has 0 radical (unpaired) electrons. The summed E-state index contributed by atoms with van der Waals surface area (Å²) in [6.07, 6.45) is 7.30. The molecule has 1 aliphatic carbocycles. The van der Waals surface area contributed by atoms with E-state index in [0.29, 0.717) is 5.69 Å². The fraction of sp³-hybridized carbons (Fsp3) is 0.231. The van der Waals surface area contributed by atoms with Gasteiger partial charge in [-0.3, -0.25) is 4.72 Å². The van der Waals surface area contributed by atoms with E-state index in [1.807, 2.05) is 6.07 Å². The standard InChI is InChI=1S/C13H13N3O2S/c17-19(18,16-12-7-14-9-15-8-12)13-5-4-10-2-1-3-11(10)6-13/h4-9,16H,1-3H2. The Morgan fingerprint density at radius 3 is 2.58 bits per heavy atom. The molecule has 1 heterocycles. The van der Waals surface area contributed by atoms with Crippen LogP contribution >= 0.6 is 0 Å². The second-order valence-corrected chi connectivity index (χ2v) is 6.20. The maximum absolute atomic E-state index is 12.2. The monoisotopic (exact) mass is 275 g/mol. The largest absolute Gasteiger partial charge is 0.276 e. The lowest BCUT2D eigenvalue weighted by molar-refractivity contribution is 0.601. The highest BCUT2D eigenvalue weighted by Gasteiger charge is 2.18. The smallest absolute Gasteiger partial charge is 0.262 e. The molecule has 2 aromatic rings. The number of sulfonamides is 1. The molecule has 6 heteroatoms. The molecule has 0 saturated carbocycles. The van der Waals surface area contributed by atoms with E-state index in [9.17, 15) is 8.42 Å². The van der Waals surface area contributed by atoms with E-state index in [4.69, 9.17) is 0 Å². The van der Waals surface area contributed by atoms with Gasteiger partial charge in [-0.25, -0.2) is 18.4 Å². The Kier molecular flexibility index (Phi) is 2.94. The van der Waals surface area contributed by atoms with Gasteiger partial charge in [-0.1, -0.05) is 6.07 Å². The molecule has 0 bridgehead atoms. The van der Waals surface area contributed by atoms with Gasteiger partial charge >= 0.3 is 0 Å². The van der Waals surface area contributed by atoms with Crippen LogP contribution in [0.1, 0.15) is 17.5 Å². The summed E-state index contributed by atoms with van der Waals surface area (Å²) >= 11 is 0. The Balaban J connectivity index is 1.92. The molecule has 0 aliphatic heterocycles. The fourth-order valence-corrected chi connectivity index (χ4v) is 3.36. The van der Waals surface area contributed by atoms with Crippen LogP contribution in [-0.4, -0.2) is 18.4 Å². The molecular formula is C13H13N3O2S. The number of hydrogen-bond donors (Lipinski definition) is 1. The van der Waals surface area contributed by atoms with Crippen molar-refractivity contribution in [1.29, 1.82) is 0 Å². The first kappa shape index (κ1) is 12.1. The molecular weight excluding hydrogens is 262 g/mol. The first-order valence-electron chi connectivity index (χ1n) is 6.05. The van der Waals surface area contributed by atoms with E-state index < -0.39 is 10.0 Å². The molecule has 1 N–H and O–H groups in total. The molecule has 0 unspecified atom stereocenters. The van der Waals surface area contributed by atoms with Crippen LogP contribution in [0.4, 0.5) is 5.69 Å². The zero-order chi connectivity index (χ0) is 13.3. The highest BCUT2D eigenvalue weighted by atomic mass is 32.2. The summed E-state index contributed by atoms with van der Waals surface area (Å²) in [5.74, 6) is 0. The zero-order valence-electron chi connectivity index (χ0n) is 10.2. The van der Waals surface area contributed by atoms with Crippen molar-refractivity contribution in [2.24, 2.45) is 0 Å². The number of nitrogens with zero attached hydrogens (tertiary/aromatic N) is 2. The average molecular weight is 275 g/mol. The van der Waals surface area contributed by atoms with Crippen LogP contribution < -0.4 is 4.72 Å². The zero-order valence-corrected chi connectivity index (χ0v) is 11.0. The molecule has 0 fully saturated rings. The van der Waals surface area contributed by atoms with E-state index in [1.54, 1.807) is 12.1 Å². The number of anilines is 1. The second-order valence-electron chi connectivity index (χ2n) is 4.52. The predicted molar refractivity (Wildman–Crippen MR) is 71.3 cm³/mol. The maximum atomic E-state index is 12.2. The number of benzene rings is 1. The van der Waals surface area contributed by atoms with Gasteiger partial charge in [0.05, 0.1) is 23.0 Å². The number of nitrogens with one attached hydrogen (secondary N) is 1. The number of fused-ring (bicyclic) bond motifs is 1. The van der Waals surface area contributed by atoms with Crippen molar-refractivity contribution in [2.45, 2.75) is 24.2 Å². The van der Waals surface area contributed by atoms with E-state index in [0.717, 1.165) is 24.8 Å². The average Bonchev–Trinajstić information content (AvgIpc) is 2.86. The molecule has 19 heavy (non-hydrogen) atoms. The summed E-state index contributed by atoms with van der Waals surface area (Å²) in [6, 6.07) is 5.31. The number of rotatable bonds is 3. The fourth-order valence-electron chi connectivity index (χ4n) is 2.28. The minimum Gasteiger partial charge on any atom is -0.276 e. The van der Waals surface area contributed by atoms with Crippen molar-refractivity contribution in [3.63, 3.8) is 0 Å². The van der Waals surface area contributed by atoms with Crippen LogP contribution in [0, 0.1) is 0 Å². The Morgan fingerprint density at radius 1 is 1.05 bits per heavy atom. The molecule has 1 aliphatic rings. The van der Waals surface area contributed by atoms with Gasteiger partial charge in [-0.2, -0.15) is 0 Å². The molecule has 0 amide bonds. The van der Waals surface area contributed by atoms with E-state index in [-0.39, 0.29) is 4.90 Å². The minimum absolute atomic E-state index is 0.289. The molecule has 98 valence electrons. The van der Waals surface area contributed by atoms with E-state index in [1.165, 1.54) is 24.3 Å². The molecule has 0 atom stereocenters. The lowest BCUT2D eigenvalue weighted by atomic mass is 10.1. The van der Waals surface area contributed by atoms with Gasteiger partial charge in [0, 0.05) is 0 Å². The summed E-state index contributed by atoms with van der Waals surface area (Å²) in [4.78, 5) is 7.85. The Morgan fingerprint density at radius 2 is 1.79 bits per heavy atom. The quantitative estimate of drug-likeness (QED) is 0.926. The van der Waals surface area contributed by atoms with Crippen molar-refractivity contribution in [3.05, 3.63) is 48.0 Å². The van der Waals surface area contributed by atoms with Gasteiger partial charge in [0.25, 0.3) is 10.0 Å². The molecule has 1 aromatic heterocycles. The summed E-state index contributed by atoms with van der Waals surface area (Å²) in [7, 11) is -3.56. The lowest BCUT2D eigenvalue weighted by Gasteiger charge is -2.08. The van der Waals surface area contributed by atoms with Crippen molar-refractivity contribution in [1.82, 2.24) is 9.97 Å². The van der Waals surface area contributed by atoms with Crippen molar-refractivity contribution < 1.29 is 8.42 Å². The van der Waals surface area contributed by atoms with Gasteiger partial charge in [0.2, 0.25) is 0 Å². The third-order valence-corrected chi connectivity index (χ3v) is 4.57. The minimum atomic E-state index is -3.56. The number of aromatic nitrogens is 2. The topological polar surface area (TPSA) is 72.0 Å². The summed E-state index contributed by atoms with van der Waals surface area (Å²) < 4.78 is 26.9. The Bertz CT molecular complexity index is 699. The highest BCUT2D eigenvalue weighted by Crippen LogP contribution is 2.25. The van der Waals surface area contributed by atoms with Crippen LogP contribution in [0.3, 0.4) is 0 Å². The first-order chi connectivity index (χ1) is 9.15. The van der Waals surface area contributed by atoms with Gasteiger partial charge in [-0.05, 0) is 42.5 Å². The van der Waals surface area contributed by atoms with Crippen LogP contribution in [-0.2, 0) is 22.9 Å². The van der Waals surface area contributed by atoms with Crippen LogP contribution in [0.2, 0.25) is 0 Å². The molecule has 0 saturated heterocycles. The van der Waals surface area contributed by atoms with Gasteiger partial charge in [0.15, 0.2) is 0 Å². The Hall–Kier alpha value is -1.95. The van der Waals surface area contributed by atoms with Crippen molar-refractivity contribution in [3.8, 4) is 0 Å². The molecule has 5 nitrogen and oxygen atoms in total. The Labute approximate surface area is 111 Å². The molecule has 3 rings (SSSR count). The van der Waals surface area contributed by atoms with Gasteiger partial charge in [-0.15, -0.1) is 0 Å². The van der Waals surface area contributed by atoms with Gasteiger partial charge < -0.3 is 0 Å². The third-order valence-electron chi connectivity index (χ3n) is 3.19. The first-order valence-corrected chi connectivity index (χ1v) is 7.53. The van der Waals surface area contributed by atoms with Crippen molar-refractivity contribution in [2.75, 3.05) is 4.72 Å². The van der Waals surface area contributed by atoms with Crippen molar-refractivity contribution >= 4 is 15.7 Å². The van der Waals surface area contributed by atoms with E-state index >= 15 is 0 Å². The highest BCUT2D eigenvalue weighted by molar-refractivity contribution is 7.92. The third kappa shape index (κ3) is 2.44. The normalized spacial score (nSPS) is 14.1. The summed E-state index contributed by atoms with van der Waals surface area (Å²) in [6.45, 7) is 0. The molecule has 0 spiro atoms. The van der Waals surface area contributed by atoms with Crippen LogP contribution in [0.5, 0.6) is 0 Å². The summed E-state index contributed by atoms with van der Waals surface area (Å²) in [5.41, 5.74) is 2.75. The second kappa shape index (κ2) is 4.62. The number of aryl methyl sites for hydroxylation is 2. The molecule has 1 aromatic carbocycles.